The second kappa shape index (κ2) is 13.5. The first-order chi connectivity index (χ1) is 8.27. The van der Waals surface area contributed by atoms with E-state index in [9.17, 15) is 4.79 Å². The number of unbranched alkanes of at least 4 members (excludes halogenated alkanes) is 4. The molecular weight excluding hydrogens is 220 g/mol. The summed E-state index contributed by atoms with van der Waals surface area (Å²) in [5.41, 5.74) is 0. The molecule has 0 radical (unpaired) electrons. The van der Waals surface area contributed by atoms with Crippen molar-refractivity contribution in [3.63, 3.8) is 0 Å². The van der Waals surface area contributed by atoms with Gasteiger partial charge in [0.25, 0.3) is 0 Å². The molecule has 0 aliphatic heterocycles. The van der Waals surface area contributed by atoms with Gasteiger partial charge in [-0.1, -0.05) is 19.3 Å². The van der Waals surface area contributed by atoms with Crippen LogP contribution in [0.25, 0.3) is 0 Å². The Kier molecular flexibility index (Phi) is 13.0. The minimum Gasteiger partial charge on any atom is -0.481 e. The summed E-state index contributed by atoms with van der Waals surface area (Å²) >= 11 is 0. The summed E-state index contributed by atoms with van der Waals surface area (Å²) in [6.07, 6.45) is 6.67. The zero-order valence-corrected chi connectivity index (χ0v) is 11.0. The first-order valence-corrected chi connectivity index (χ1v) is 6.64. The van der Waals surface area contributed by atoms with Gasteiger partial charge in [0.1, 0.15) is 0 Å². The van der Waals surface area contributed by atoms with Crippen molar-refractivity contribution in [3.8, 4) is 0 Å². The molecule has 0 spiro atoms. The fourth-order valence-corrected chi connectivity index (χ4v) is 1.51. The average Bonchev–Trinajstić information content (AvgIpc) is 2.30. The zero-order chi connectivity index (χ0) is 12.8. The second-order valence-corrected chi connectivity index (χ2v) is 4.07. The number of rotatable bonds is 13. The van der Waals surface area contributed by atoms with Gasteiger partial charge in [-0.2, -0.15) is 0 Å². The Morgan fingerprint density at radius 1 is 0.882 bits per heavy atom. The van der Waals surface area contributed by atoms with Gasteiger partial charge in [0.05, 0.1) is 0 Å². The van der Waals surface area contributed by atoms with Gasteiger partial charge in [-0.05, 0) is 26.2 Å². The summed E-state index contributed by atoms with van der Waals surface area (Å²) in [5, 5.41) is 8.41. The van der Waals surface area contributed by atoms with Crippen LogP contribution in [0.4, 0.5) is 0 Å². The van der Waals surface area contributed by atoms with Gasteiger partial charge in [-0.3, -0.25) is 4.79 Å². The maximum absolute atomic E-state index is 10.2. The number of hydrogen-bond acceptors (Lipinski definition) is 3. The largest absolute Gasteiger partial charge is 0.481 e. The third-order valence-corrected chi connectivity index (χ3v) is 2.46. The highest BCUT2D eigenvalue weighted by Crippen LogP contribution is 2.03. The van der Waals surface area contributed by atoms with Crippen molar-refractivity contribution >= 4 is 5.97 Å². The predicted molar refractivity (Wildman–Crippen MR) is 67.3 cm³/mol. The molecule has 0 aromatic heterocycles. The number of ether oxygens (including phenoxy) is 2. The van der Waals surface area contributed by atoms with Crippen molar-refractivity contribution in [2.24, 2.45) is 0 Å². The fourth-order valence-electron chi connectivity index (χ4n) is 1.51. The van der Waals surface area contributed by atoms with E-state index in [-0.39, 0.29) is 6.42 Å². The maximum atomic E-state index is 10.2. The van der Waals surface area contributed by atoms with E-state index < -0.39 is 5.97 Å². The van der Waals surface area contributed by atoms with Gasteiger partial charge in [0.15, 0.2) is 0 Å². The molecule has 0 saturated carbocycles. The van der Waals surface area contributed by atoms with Gasteiger partial charge in [0.2, 0.25) is 0 Å². The van der Waals surface area contributed by atoms with Gasteiger partial charge in [-0.25, -0.2) is 0 Å². The Balaban J connectivity index is 2.91. The van der Waals surface area contributed by atoms with Gasteiger partial charge >= 0.3 is 5.97 Å². The van der Waals surface area contributed by atoms with Crippen molar-refractivity contribution in [1.29, 1.82) is 0 Å². The van der Waals surface area contributed by atoms with Gasteiger partial charge in [0, 0.05) is 32.8 Å². The van der Waals surface area contributed by atoms with Crippen LogP contribution in [0.2, 0.25) is 0 Å². The van der Waals surface area contributed by atoms with E-state index >= 15 is 0 Å². The Labute approximate surface area is 104 Å². The van der Waals surface area contributed by atoms with Gasteiger partial charge < -0.3 is 14.6 Å². The van der Waals surface area contributed by atoms with Gasteiger partial charge in [-0.15, -0.1) is 0 Å². The lowest BCUT2D eigenvalue weighted by Crippen LogP contribution is -2.01. The third-order valence-electron chi connectivity index (χ3n) is 2.46. The summed E-state index contributed by atoms with van der Waals surface area (Å²) in [5.74, 6) is -0.747. The zero-order valence-electron chi connectivity index (χ0n) is 11.0. The van der Waals surface area contributed by atoms with Crippen molar-refractivity contribution in [2.75, 3.05) is 26.4 Å². The Morgan fingerprint density at radius 2 is 1.41 bits per heavy atom. The summed E-state index contributed by atoms with van der Waals surface area (Å²) in [7, 11) is 0. The average molecular weight is 246 g/mol. The lowest BCUT2D eigenvalue weighted by Gasteiger charge is -2.04. The molecule has 0 rings (SSSR count). The lowest BCUT2D eigenvalue weighted by molar-refractivity contribution is -0.137. The predicted octanol–water partition coefficient (Wildman–Crippen LogP) is 2.85. The van der Waals surface area contributed by atoms with E-state index in [0.717, 1.165) is 32.7 Å². The number of carbonyl (C=O) groups is 1. The normalized spacial score (nSPS) is 10.6. The highest BCUT2D eigenvalue weighted by Gasteiger charge is 1.96. The lowest BCUT2D eigenvalue weighted by atomic mass is 10.1. The van der Waals surface area contributed by atoms with E-state index in [0.29, 0.717) is 13.0 Å². The summed E-state index contributed by atoms with van der Waals surface area (Å²) in [6.45, 7) is 5.02. The molecule has 4 nitrogen and oxygen atoms in total. The molecule has 0 atom stereocenters. The molecule has 0 aliphatic carbocycles. The first-order valence-electron chi connectivity index (χ1n) is 6.64. The standard InChI is InChI=1S/C13H26O4/c1-2-16-10-6-4-3-5-7-11-17-12-8-9-13(14)15/h2-12H2,1H3,(H,14,15). The van der Waals surface area contributed by atoms with Crippen molar-refractivity contribution < 1.29 is 19.4 Å². The topological polar surface area (TPSA) is 55.8 Å². The molecule has 17 heavy (non-hydrogen) atoms. The SMILES string of the molecule is CCOCCCCCCCOCCCC(=O)O. The van der Waals surface area contributed by atoms with Crippen molar-refractivity contribution in [2.45, 2.75) is 51.9 Å². The van der Waals surface area contributed by atoms with Crippen LogP contribution in [0, 0.1) is 0 Å². The molecule has 4 heteroatoms. The smallest absolute Gasteiger partial charge is 0.303 e. The van der Waals surface area contributed by atoms with E-state index in [1.54, 1.807) is 0 Å². The highest BCUT2D eigenvalue weighted by atomic mass is 16.5. The number of aliphatic carboxylic acids is 1. The summed E-state index contributed by atoms with van der Waals surface area (Å²) in [4.78, 5) is 10.2. The van der Waals surface area contributed by atoms with Crippen LogP contribution < -0.4 is 0 Å². The van der Waals surface area contributed by atoms with Crippen LogP contribution in [0.15, 0.2) is 0 Å². The molecule has 1 N–H and O–H groups in total. The molecule has 0 aliphatic rings. The quantitative estimate of drug-likeness (QED) is 0.508. The molecule has 0 aromatic rings. The Bertz CT molecular complexity index is 171. The number of hydrogen-bond donors (Lipinski definition) is 1. The van der Waals surface area contributed by atoms with Crippen LogP contribution in [0.1, 0.15) is 51.9 Å². The fraction of sp³-hybridized carbons (Fsp3) is 0.923. The maximum Gasteiger partial charge on any atom is 0.303 e. The number of carboxylic acids is 1. The highest BCUT2D eigenvalue weighted by molar-refractivity contribution is 5.66. The molecular formula is C13H26O4. The van der Waals surface area contributed by atoms with Crippen molar-refractivity contribution in [3.05, 3.63) is 0 Å². The van der Waals surface area contributed by atoms with E-state index in [1.807, 2.05) is 6.92 Å². The van der Waals surface area contributed by atoms with Crippen molar-refractivity contribution in [1.82, 2.24) is 0 Å². The first kappa shape index (κ1) is 16.4. The molecule has 0 bridgehead atoms. The van der Waals surface area contributed by atoms with E-state index in [2.05, 4.69) is 0 Å². The Morgan fingerprint density at radius 3 is 2.00 bits per heavy atom. The summed E-state index contributed by atoms with van der Waals surface area (Å²) in [6, 6.07) is 0. The van der Waals surface area contributed by atoms with E-state index in [1.165, 1.54) is 19.3 Å². The minimum absolute atomic E-state index is 0.206. The second-order valence-electron chi connectivity index (χ2n) is 4.07. The molecule has 0 heterocycles. The summed E-state index contributed by atoms with van der Waals surface area (Å²) < 4.78 is 10.6. The third kappa shape index (κ3) is 15.4. The molecule has 0 unspecified atom stereocenters. The molecule has 0 aromatic carbocycles. The monoisotopic (exact) mass is 246 g/mol. The van der Waals surface area contributed by atoms with Crippen LogP contribution >= 0.6 is 0 Å². The molecule has 0 saturated heterocycles. The van der Waals surface area contributed by atoms with Crippen LogP contribution in [-0.4, -0.2) is 37.5 Å². The Hall–Kier alpha value is -0.610. The van der Waals surface area contributed by atoms with Crippen LogP contribution in [-0.2, 0) is 14.3 Å². The van der Waals surface area contributed by atoms with Crippen LogP contribution in [0.5, 0.6) is 0 Å². The molecule has 0 amide bonds. The van der Waals surface area contributed by atoms with Crippen LogP contribution in [0.3, 0.4) is 0 Å². The number of carboxylic acid groups (broad SMARTS) is 1. The molecule has 102 valence electrons. The minimum atomic E-state index is -0.747. The molecule has 0 fully saturated rings. The van der Waals surface area contributed by atoms with E-state index in [4.69, 9.17) is 14.6 Å².